The molecule has 1 rings (SSSR count). The summed E-state index contributed by atoms with van der Waals surface area (Å²) >= 11 is 0. The van der Waals surface area contributed by atoms with Gasteiger partial charge in [-0.1, -0.05) is 0 Å². The molecule has 0 radical (unpaired) electrons. The van der Waals surface area contributed by atoms with Gasteiger partial charge in [0.2, 0.25) is 5.91 Å². The molecule has 0 aromatic carbocycles. The van der Waals surface area contributed by atoms with E-state index in [1.165, 1.54) is 11.2 Å². The summed E-state index contributed by atoms with van der Waals surface area (Å²) in [7, 11) is -1.35. The summed E-state index contributed by atoms with van der Waals surface area (Å²) in [6.07, 6.45) is 1.18. The number of carbonyl (C=O) groups excluding carboxylic acids is 1. The van der Waals surface area contributed by atoms with Crippen LogP contribution in [0.5, 0.6) is 0 Å². The van der Waals surface area contributed by atoms with Crippen LogP contribution >= 0.6 is 0 Å². The SMILES string of the molecule is CN(CCS(C)(=O)=O)C(=O)CN1CCNCC1. The Kier molecular flexibility index (Phi) is 5.35. The molecule has 1 aliphatic heterocycles. The van der Waals surface area contributed by atoms with Gasteiger partial charge in [0.15, 0.2) is 0 Å². The second-order valence-corrected chi connectivity index (χ2v) is 6.73. The standard InChI is InChI=1S/C10H21N3O3S/c1-12(7-8-17(2,15)16)10(14)9-13-5-3-11-4-6-13/h11H,3-9H2,1-2H3. The van der Waals surface area contributed by atoms with Crippen LogP contribution in [0.15, 0.2) is 0 Å². The van der Waals surface area contributed by atoms with Crippen molar-refractivity contribution in [2.75, 3.05) is 58.3 Å². The summed E-state index contributed by atoms with van der Waals surface area (Å²) in [5, 5.41) is 3.22. The number of hydrogen-bond donors (Lipinski definition) is 1. The van der Waals surface area contributed by atoms with Crippen LogP contribution in [0.25, 0.3) is 0 Å². The van der Waals surface area contributed by atoms with Crippen molar-refractivity contribution in [3.63, 3.8) is 0 Å². The van der Waals surface area contributed by atoms with Gasteiger partial charge in [0, 0.05) is 46.0 Å². The van der Waals surface area contributed by atoms with Crippen LogP contribution in [0.2, 0.25) is 0 Å². The number of piperazine rings is 1. The lowest BCUT2D eigenvalue weighted by Crippen LogP contribution is -2.48. The number of likely N-dealkylation sites (N-methyl/N-ethyl adjacent to an activating group) is 1. The molecule has 0 unspecified atom stereocenters. The number of nitrogens with one attached hydrogen (secondary N) is 1. The van der Waals surface area contributed by atoms with Gasteiger partial charge in [0.05, 0.1) is 12.3 Å². The molecular weight excluding hydrogens is 242 g/mol. The highest BCUT2D eigenvalue weighted by Gasteiger charge is 2.17. The largest absolute Gasteiger partial charge is 0.344 e. The van der Waals surface area contributed by atoms with Gasteiger partial charge in [-0.15, -0.1) is 0 Å². The molecule has 6 nitrogen and oxygen atoms in total. The van der Waals surface area contributed by atoms with Crippen molar-refractivity contribution in [1.82, 2.24) is 15.1 Å². The van der Waals surface area contributed by atoms with E-state index in [0.29, 0.717) is 6.54 Å². The molecule has 1 amide bonds. The normalized spacial score (nSPS) is 18.0. The van der Waals surface area contributed by atoms with Crippen LogP contribution in [0.4, 0.5) is 0 Å². The molecule has 1 fully saturated rings. The molecular formula is C10H21N3O3S. The third-order valence-electron chi connectivity index (χ3n) is 2.79. The van der Waals surface area contributed by atoms with Crippen molar-refractivity contribution in [2.45, 2.75) is 0 Å². The molecule has 17 heavy (non-hydrogen) atoms. The van der Waals surface area contributed by atoms with Crippen LogP contribution in [0.1, 0.15) is 0 Å². The fraction of sp³-hybridized carbons (Fsp3) is 0.900. The molecule has 0 aromatic rings. The average molecular weight is 263 g/mol. The Bertz CT molecular complexity index is 350. The van der Waals surface area contributed by atoms with E-state index in [1.807, 2.05) is 0 Å². The maximum absolute atomic E-state index is 11.8. The van der Waals surface area contributed by atoms with Gasteiger partial charge in [-0.25, -0.2) is 8.42 Å². The van der Waals surface area contributed by atoms with Gasteiger partial charge in [-0.05, 0) is 0 Å². The highest BCUT2D eigenvalue weighted by molar-refractivity contribution is 7.90. The highest BCUT2D eigenvalue weighted by Crippen LogP contribution is 1.95. The number of nitrogens with zero attached hydrogens (tertiary/aromatic N) is 2. The van der Waals surface area contributed by atoms with E-state index in [4.69, 9.17) is 0 Å². The zero-order valence-electron chi connectivity index (χ0n) is 10.5. The minimum atomic E-state index is -3.00. The van der Waals surface area contributed by atoms with Crippen molar-refractivity contribution in [3.05, 3.63) is 0 Å². The molecule has 0 aliphatic carbocycles. The molecule has 1 heterocycles. The summed E-state index contributed by atoms with van der Waals surface area (Å²) in [6, 6.07) is 0. The van der Waals surface area contributed by atoms with E-state index in [0.717, 1.165) is 26.2 Å². The summed E-state index contributed by atoms with van der Waals surface area (Å²) in [5.74, 6) is 0.00659. The number of amides is 1. The molecule has 100 valence electrons. The zero-order chi connectivity index (χ0) is 12.9. The van der Waals surface area contributed by atoms with Gasteiger partial charge >= 0.3 is 0 Å². The first-order valence-electron chi connectivity index (χ1n) is 5.73. The first kappa shape index (κ1) is 14.4. The molecule has 0 bridgehead atoms. The molecule has 1 aliphatic rings. The Morgan fingerprint density at radius 1 is 1.35 bits per heavy atom. The Morgan fingerprint density at radius 2 is 1.94 bits per heavy atom. The Labute approximate surface area is 103 Å². The fourth-order valence-electron chi connectivity index (χ4n) is 1.61. The van der Waals surface area contributed by atoms with Gasteiger partial charge in [-0.2, -0.15) is 0 Å². The van der Waals surface area contributed by atoms with Crippen LogP contribution in [0, 0.1) is 0 Å². The first-order chi connectivity index (χ1) is 7.88. The smallest absolute Gasteiger partial charge is 0.236 e. The van der Waals surface area contributed by atoms with Crippen molar-refractivity contribution >= 4 is 15.7 Å². The number of hydrogen-bond acceptors (Lipinski definition) is 5. The van der Waals surface area contributed by atoms with Crippen molar-refractivity contribution in [1.29, 1.82) is 0 Å². The minimum Gasteiger partial charge on any atom is -0.344 e. The molecule has 1 saturated heterocycles. The molecule has 0 aromatic heterocycles. The van der Waals surface area contributed by atoms with Gasteiger partial charge in [0.25, 0.3) is 0 Å². The van der Waals surface area contributed by atoms with Crippen LogP contribution < -0.4 is 5.32 Å². The Hall–Kier alpha value is -0.660. The lowest BCUT2D eigenvalue weighted by molar-refractivity contribution is -0.131. The van der Waals surface area contributed by atoms with Gasteiger partial charge < -0.3 is 10.2 Å². The van der Waals surface area contributed by atoms with E-state index in [9.17, 15) is 13.2 Å². The van der Waals surface area contributed by atoms with E-state index in [2.05, 4.69) is 10.2 Å². The fourth-order valence-corrected chi connectivity index (χ4v) is 2.21. The molecule has 0 atom stereocenters. The van der Waals surface area contributed by atoms with Crippen molar-refractivity contribution in [2.24, 2.45) is 0 Å². The summed E-state index contributed by atoms with van der Waals surface area (Å²) in [4.78, 5) is 15.4. The van der Waals surface area contributed by atoms with Crippen LogP contribution in [-0.2, 0) is 14.6 Å². The number of carbonyl (C=O) groups is 1. The quantitative estimate of drug-likeness (QED) is 0.646. The summed E-state index contributed by atoms with van der Waals surface area (Å²) < 4.78 is 22.0. The lowest BCUT2D eigenvalue weighted by Gasteiger charge is -2.28. The maximum atomic E-state index is 11.8. The zero-order valence-corrected chi connectivity index (χ0v) is 11.3. The van der Waals surface area contributed by atoms with Gasteiger partial charge in [0.1, 0.15) is 9.84 Å². The summed E-state index contributed by atoms with van der Waals surface area (Å²) in [6.45, 7) is 4.18. The van der Waals surface area contributed by atoms with E-state index in [-0.39, 0.29) is 18.2 Å². The van der Waals surface area contributed by atoms with Crippen LogP contribution in [-0.4, -0.2) is 82.4 Å². The van der Waals surface area contributed by atoms with E-state index < -0.39 is 9.84 Å². The molecule has 0 saturated carbocycles. The molecule has 7 heteroatoms. The average Bonchev–Trinajstić information content (AvgIpc) is 2.26. The third-order valence-corrected chi connectivity index (χ3v) is 3.72. The van der Waals surface area contributed by atoms with Crippen molar-refractivity contribution in [3.8, 4) is 0 Å². The topological polar surface area (TPSA) is 69.7 Å². The molecule has 1 N–H and O–H groups in total. The van der Waals surface area contributed by atoms with Crippen LogP contribution in [0.3, 0.4) is 0 Å². The highest BCUT2D eigenvalue weighted by atomic mass is 32.2. The Balaban J connectivity index is 2.30. The van der Waals surface area contributed by atoms with Crippen molar-refractivity contribution < 1.29 is 13.2 Å². The summed E-state index contributed by atoms with van der Waals surface area (Å²) in [5.41, 5.74) is 0. The first-order valence-corrected chi connectivity index (χ1v) is 7.79. The molecule has 0 spiro atoms. The predicted octanol–water partition coefficient (Wildman–Crippen LogP) is -1.61. The Morgan fingerprint density at radius 3 is 2.47 bits per heavy atom. The van der Waals surface area contributed by atoms with Gasteiger partial charge in [-0.3, -0.25) is 9.69 Å². The monoisotopic (exact) mass is 263 g/mol. The van der Waals surface area contributed by atoms with E-state index in [1.54, 1.807) is 7.05 Å². The lowest BCUT2D eigenvalue weighted by atomic mass is 10.3. The second-order valence-electron chi connectivity index (χ2n) is 4.47. The van der Waals surface area contributed by atoms with E-state index >= 15 is 0 Å². The minimum absolute atomic E-state index is 0.0180. The predicted molar refractivity (Wildman–Crippen MR) is 66.7 cm³/mol. The maximum Gasteiger partial charge on any atom is 0.236 e. The number of rotatable bonds is 5. The second kappa shape index (κ2) is 6.32. The third kappa shape index (κ3) is 5.99. The number of sulfone groups is 1.